The van der Waals surface area contributed by atoms with Crippen LogP contribution in [0.2, 0.25) is 0 Å². The second-order valence-corrected chi connectivity index (χ2v) is 5.12. The molecular weight excluding hydrogens is 290 g/mol. The van der Waals surface area contributed by atoms with Gasteiger partial charge in [-0.2, -0.15) is 0 Å². The fraction of sp³-hybridized carbons (Fsp3) is 0.700. The topological polar surface area (TPSA) is 46.1 Å². The number of aryl methyl sites for hydroxylation is 1. The van der Waals surface area contributed by atoms with E-state index in [1.54, 1.807) is 4.90 Å². The monoisotopic (exact) mass is 305 g/mol. The largest absolute Gasteiger partial charge is 0.337 e. The molecule has 1 amide bonds. The number of hydrogen-bond acceptors (Lipinski definition) is 4. The molecule has 1 atom stereocenters. The van der Waals surface area contributed by atoms with E-state index in [0.29, 0.717) is 4.88 Å². The Labute approximate surface area is 108 Å². The fourth-order valence-corrected chi connectivity index (χ4v) is 2.36. The van der Waals surface area contributed by atoms with Crippen LogP contribution in [0, 0.1) is 0 Å². The molecule has 0 saturated carbocycles. The second-order valence-electron chi connectivity index (χ2n) is 3.72. The zero-order valence-corrected chi connectivity index (χ0v) is 12.1. The molecule has 0 radical (unpaired) electrons. The summed E-state index contributed by atoms with van der Waals surface area (Å²) in [6, 6.07) is 0.170. The van der Waals surface area contributed by atoms with E-state index in [1.165, 1.54) is 11.5 Å². The van der Waals surface area contributed by atoms with Crippen LogP contribution >= 0.6 is 27.5 Å². The van der Waals surface area contributed by atoms with Gasteiger partial charge in [-0.15, -0.1) is 5.10 Å². The summed E-state index contributed by atoms with van der Waals surface area (Å²) in [5, 5.41) is 4.77. The summed E-state index contributed by atoms with van der Waals surface area (Å²) < 4.78 is 3.86. The van der Waals surface area contributed by atoms with Gasteiger partial charge in [0.25, 0.3) is 5.91 Å². The molecule has 0 N–H and O–H groups in total. The maximum absolute atomic E-state index is 12.1. The lowest BCUT2D eigenvalue weighted by molar-refractivity contribution is 0.0761. The van der Waals surface area contributed by atoms with E-state index in [0.717, 1.165) is 23.9 Å². The number of carbonyl (C=O) groups excluding carboxylic acids is 1. The van der Waals surface area contributed by atoms with Crippen LogP contribution in [0.15, 0.2) is 0 Å². The Balaban J connectivity index is 2.83. The number of nitrogens with zero attached hydrogens (tertiary/aromatic N) is 3. The van der Waals surface area contributed by atoms with E-state index in [-0.39, 0.29) is 11.9 Å². The molecule has 1 rings (SSSR count). The zero-order valence-electron chi connectivity index (χ0n) is 9.73. The minimum absolute atomic E-state index is 0.0189. The normalized spacial score (nSPS) is 12.5. The van der Waals surface area contributed by atoms with Crippen molar-refractivity contribution < 1.29 is 4.79 Å². The summed E-state index contributed by atoms with van der Waals surface area (Å²) in [6.45, 7) is 4.07. The van der Waals surface area contributed by atoms with Gasteiger partial charge < -0.3 is 4.90 Å². The summed E-state index contributed by atoms with van der Waals surface area (Å²) in [7, 11) is 1.81. The highest BCUT2D eigenvalue weighted by Gasteiger charge is 2.22. The van der Waals surface area contributed by atoms with Crippen LogP contribution in [-0.4, -0.2) is 38.8 Å². The Hall–Kier alpha value is -0.490. The van der Waals surface area contributed by atoms with Crippen LogP contribution in [-0.2, 0) is 6.42 Å². The van der Waals surface area contributed by atoms with E-state index >= 15 is 0 Å². The number of alkyl halides is 1. The van der Waals surface area contributed by atoms with Gasteiger partial charge >= 0.3 is 0 Å². The van der Waals surface area contributed by atoms with Crippen LogP contribution in [0.25, 0.3) is 0 Å². The van der Waals surface area contributed by atoms with Crippen molar-refractivity contribution in [2.24, 2.45) is 0 Å². The average Bonchev–Trinajstić information content (AvgIpc) is 2.74. The van der Waals surface area contributed by atoms with Gasteiger partial charge in [0.1, 0.15) is 4.88 Å². The van der Waals surface area contributed by atoms with Crippen molar-refractivity contribution in [3.8, 4) is 0 Å². The molecule has 1 heterocycles. The molecule has 1 aromatic heterocycles. The molecule has 6 heteroatoms. The fourth-order valence-electron chi connectivity index (χ4n) is 1.24. The first kappa shape index (κ1) is 13.6. The van der Waals surface area contributed by atoms with Gasteiger partial charge in [0, 0.05) is 18.4 Å². The molecule has 0 spiro atoms. The van der Waals surface area contributed by atoms with Crippen molar-refractivity contribution in [2.45, 2.75) is 32.7 Å². The maximum atomic E-state index is 12.1. The predicted molar refractivity (Wildman–Crippen MR) is 69.3 cm³/mol. The third-order valence-electron chi connectivity index (χ3n) is 2.44. The van der Waals surface area contributed by atoms with Crippen molar-refractivity contribution in [1.82, 2.24) is 14.5 Å². The van der Waals surface area contributed by atoms with E-state index < -0.39 is 0 Å². The van der Waals surface area contributed by atoms with Gasteiger partial charge in [0.15, 0.2) is 0 Å². The minimum Gasteiger partial charge on any atom is -0.337 e. The van der Waals surface area contributed by atoms with Crippen molar-refractivity contribution in [3.05, 3.63) is 10.6 Å². The first-order valence-corrected chi connectivity index (χ1v) is 7.15. The van der Waals surface area contributed by atoms with Crippen LogP contribution < -0.4 is 0 Å². The number of aromatic nitrogens is 2. The molecule has 4 nitrogen and oxygen atoms in total. The number of amides is 1. The SMILES string of the molecule is CCCc1nnsc1C(=O)N(C)C(C)CBr. The van der Waals surface area contributed by atoms with Crippen LogP contribution in [0.1, 0.15) is 35.6 Å². The van der Waals surface area contributed by atoms with Gasteiger partial charge in [0.05, 0.1) is 5.69 Å². The maximum Gasteiger partial charge on any atom is 0.267 e. The van der Waals surface area contributed by atoms with Crippen LogP contribution in [0.4, 0.5) is 0 Å². The Bertz CT molecular complexity index is 356. The highest BCUT2D eigenvalue weighted by molar-refractivity contribution is 9.09. The standard InChI is InChI=1S/C10H16BrN3OS/c1-4-5-8-9(16-13-12-8)10(15)14(3)7(2)6-11/h7H,4-6H2,1-3H3. The van der Waals surface area contributed by atoms with E-state index in [1.807, 2.05) is 14.0 Å². The smallest absolute Gasteiger partial charge is 0.267 e. The summed E-state index contributed by atoms with van der Waals surface area (Å²) in [6.07, 6.45) is 1.79. The Morgan fingerprint density at radius 1 is 1.62 bits per heavy atom. The summed E-state index contributed by atoms with van der Waals surface area (Å²) in [4.78, 5) is 14.5. The third kappa shape index (κ3) is 3.01. The molecule has 0 aromatic carbocycles. The summed E-state index contributed by atoms with van der Waals surface area (Å²) in [5.74, 6) is 0.0189. The minimum atomic E-state index is 0.0189. The Morgan fingerprint density at radius 3 is 2.88 bits per heavy atom. The predicted octanol–water partition coefficient (Wildman–Crippen LogP) is 2.35. The number of halogens is 1. The molecule has 0 aliphatic heterocycles. The van der Waals surface area contributed by atoms with Gasteiger partial charge in [-0.25, -0.2) is 0 Å². The van der Waals surface area contributed by atoms with Crippen molar-refractivity contribution in [3.63, 3.8) is 0 Å². The highest BCUT2D eigenvalue weighted by atomic mass is 79.9. The molecule has 90 valence electrons. The lowest BCUT2D eigenvalue weighted by Gasteiger charge is -2.22. The van der Waals surface area contributed by atoms with Crippen LogP contribution in [0.3, 0.4) is 0 Å². The third-order valence-corrected chi connectivity index (χ3v) is 4.13. The Kier molecular flexibility index (Phi) is 5.34. The van der Waals surface area contributed by atoms with Crippen LogP contribution in [0.5, 0.6) is 0 Å². The number of hydrogen-bond donors (Lipinski definition) is 0. The summed E-state index contributed by atoms with van der Waals surface area (Å²) in [5.41, 5.74) is 0.825. The lowest BCUT2D eigenvalue weighted by Crippen LogP contribution is -2.36. The molecule has 0 fully saturated rings. The molecule has 1 aromatic rings. The molecule has 0 bridgehead atoms. The van der Waals surface area contributed by atoms with Crippen molar-refractivity contribution in [2.75, 3.05) is 12.4 Å². The van der Waals surface area contributed by atoms with E-state index in [2.05, 4.69) is 32.4 Å². The highest BCUT2D eigenvalue weighted by Crippen LogP contribution is 2.16. The van der Waals surface area contributed by atoms with E-state index in [9.17, 15) is 4.79 Å². The molecule has 1 unspecified atom stereocenters. The summed E-state index contributed by atoms with van der Waals surface area (Å²) >= 11 is 4.56. The van der Waals surface area contributed by atoms with Gasteiger partial charge in [-0.3, -0.25) is 4.79 Å². The first-order chi connectivity index (χ1) is 7.61. The lowest BCUT2D eigenvalue weighted by atomic mass is 10.2. The quantitative estimate of drug-likeness (QED) is 0.785. The van der Waals surface area contributed by atoms with Crippen molar-refractivity contribution >= 4 is 33.4 Å². The van der Waals surface area contributed by atoms with Crippen molar-refractivity contribution in [1.29, 1.82) is 0 Å². The number of carbonyl (C=O) groups is 1. The zero-order chi connectivity index (χ0) is 12.1. The molecule has 0 saturated heterocycles. The van der Waals surface area contributed by atoms with E-state index in [4.69, 9.17) is 0 Å². The number of rotatable bonds is 5. The second kappa shape index (κ2) is 6.30. The molecule has 0 aliphatic carbocycles. The molecule has 0 aliphatic rings. The Morgan fingerprint density at radius 2 is 2.31 bits per heavy atom. The van der Waals surface area contributed by atoms with Gasteiger partial charge in [0.2, 0.25) is 0 Å². The molecular formula is C10H16BrN3OS. The van der Waals surface area contributed by atoms with Gasteiger partial charge in [-0.05, 0) is 24.9 Å². The van der Waals surface area contributed by atoms with Gasteiger partial charge in [-0.1, -0.05) is 33.8 Å². The first-order valence-electron chi connectivity index (χ1n) is 5.26. The molecule has 16 heavy (non-hydrogen) atoms. The average molecular weight is 306 g/mol.